The van der Waals surface area contributed by atoms with E-state index in [0.29, 0.717) is 24.3 Å². The molecule has 29 heavy (non-hydrogen) atoms. The summed E-state index contributed by atoms with van der Waals surface area (Å²) < 4.78 is 16.5. The Morgan fingerprint density at radius 2 is 1.62 bits per heavy atom. The second-order valence-electron chi connectivity index (χ2n) is 8.39. The summed E-state index contributed by atoms with van der Waals surface area (Å²) >= 11 is 0. The molecule has 0 spiro atoms. The van der Waals surface area contributed by atoms with E-state index in [2.05, 4.69) is 33.0 Å². The van der Waals surface area contributed by atoms with Crippen molar-refractivity contribution in [3.63, 3.8) is 0 Å². The minimum absolute atomic E-state index is 0.0444. The smallest absolute Gasteiger partial charge is 0.341 e. The average Bonchev–Trinajstić information content (AvgIpc) is 2.66. The van der Waals surface area contributed by atoms with Crippen LogP contribution < -0.4 is 10.1 Å². The molecule has 0 unspecified atom stereocenters. The van der Waals surface area contributed by atoms with Gasteiger partial charge < -0.3 is 19.5 Å². The van der Waals surface area contributed by atoms with Gasteiger partial charge in [0.15, 0.2) is 0 Å². The summed E-state index contributed by atoms with van der Waals surface area (Å²) in [5.41, 5.74) is -0.151. The summed E-state index contributed by atoms with van der Waals surface area (Å²) in [6.07, 6.45) is 1.97. The van der Waals surface area contributed by atoms with E-state index in [-0.39, 0.29) is 29.4 Å². The molecule has 1 aromatic carbocycles. The van der Waals surface area contributed by atoms with Gasteiger partial charge in [0.25, 0.3) is 5.91 Å². The summed E-state index contributed by atoms with van der Waals surface area (Å²) in [5.74, 6) is 0.287. The highest BCUT2D eigenvalue weighted by Gasteiger charge is 2.39. The van der Waals surface area contributed by atoms with Gasteiger partial charge >= 0.3 is 5.97 Å². The normalized spacial score (nSPS) is 12.8. The van der Waals surface area contributed by atoms with Crippen LogP contribution in [-0.2, 0) is 14.3 Å². The maximum Gasteiger partial charge on any atom is 0.341 e. The van der Waals surface area contributed by atoms with Crippen molar-refractivity contribution in [1.82, 2.24) is 0 Å². The molecule has 0 aromatic heterocycles. The molecule has 0 aliphatic carbocycles. The van der Waals surface area contributed by atoms with E-state index in [9.17, 15) is 9.59 Å². The van der Waals surface area contributed by atoms with E-state index in [4.69, 9.17) is 14.2 Å². The van der Waals surface area contributed by atoms with Gasteiger partial charge in [-0.15, -0.1) is 0 Å². The Morgan fingerprint density at radius 1 is 1.03 bits per heavy atom. The van der Waals surface area contributed by atoms with Crippen LogP contribution in [0.1, 0.15) is 71.2 Å². The van der Waals surface area contributed by atoms with Crippen molar-refractivity contribution in [3.05, 3.63) is 23.8 Å². The highest BCUT2D eigenvalue weighted by atomic mass is 16.5. The lowest BCUT2D eigenvalue weighted by Gasteiger charge is -2.34. The minimum atomic E-state index is -0.931. The van der Waals surface area contributed by atoms with Gasteiger partial charge in [-0.3, -0.25) is 4.79 Å². The third-order valence-electron chi connectivity index (χ3n) is 4.83. The summed E-state index contributed by atoms with van der Waals surface area (Å²) in [4.78, 5) is 25.5. The molecule has 0 radical (unpaired) electrons. The molecule has 0 heterocycles. The van der Waals surface area contributed by atoms with Gasteiger partial charge in [0.2, 0.25) is 0 Å². The maximum atomic E-state index is 13.2. The van der Waals surface area contributed by atoms with Gasteiger partial charge in [-0.2, -0.15) is 0 Å². The molecule has 164 valence electrons. The number of hydrogen-bond donors (Lipinski definition) is 1. The Kier molecular flexibility index (Phi) is 9.63. The second-order valence-corrected chi connectivity index (χ2v) is 8.39. The quantitative estimate of drug-likeness (QED) is 0.519. The summed E-state index contributed by atoms with van der Waals surface area (Å²) in [5, 5.41) is 2.93. The van der Waals surface area contributed by atoms with Crippen LogP contribution in [0.3, 0.4) is 0 Å². The third kappa shape index (κ3) is 7.03. The fraction of sp³-hybridized carbons (Fsp3) is 0.652. The van der Waals surface area contributed by atoms with Gasteiger partial charge in [0.05, 0.1) is 13.2 Å². The lowest BCUT2D eigenvalue weighted by Crippen LogP contribution is -2.47. The Morgan fingerprint density at radius 3 is 2.07 bits per heavy atom. The van der Waals surface area contributed by atoms with Crippen molar-refractivity contribution in [2.45, 2.75) is 72.5 Å². The number of benzene rings is 1. The van der Waals surface area contributed by atoms with Gasteiger partial charge in [-0.1, -0.05) is 34.6 Å². The topological polar surface area (TPSA) is 73.9 Å². The number of carbonyl (C=O) groups is 2. The second kappa shape index (κ2) is 11.2. The van der Waals surface area contributed by atoms with E-state index >= 15 is 0 Å². The minimum Gasteiger partial charge on any atom is -0.490 e. The van der Waals surface area contributed by atoms with E-state index in [1.165, 1.54) is 7.11 Å². The highest BCUT2D eigenvalue weighted by Crippen LogP contribution is 2.31. The van der Waals surface area contributed by atoms with Gasteiger partial charge in [0, 0.05) is 12.8 Å². The molecule has 6 nitrogen and oxygen atoms in total. The summed E-state index contributed by atoms with van der Waals surface area (Å²) in [6, 6.07) is 5.01. The van der Waals surface area contributed by atoms with Crippen LogP contribution >= 0.6 is 0 Å². The zero-order chi connectivity index (χ0) is 22.2. The van der Waals surface area contributed by atoms with E-state index in [1.807, 2.05) is 13.8 Å². The Hall–Kier alpha value is -2.08. The predicted molar refractivity (Wildman–Crippen MR) is 115 cm³/mol. The van der Waals surface area contributed by atoms with E-state index in [1.54, 1.807) is 25.3 Å². The fourth-order valence-corrected chi connectivity index (χ4v) is 3.37. The van der Waals surface area contributed by atoms with Crippen molar-refractivity contribution < 1.29 is 23.8 Å². The number of methoxy groups -OCH3 is 2. The Balaban J connectivity index is 3.22. The maximum absolute atomic E-state index is 13.2. The SMILES string of the molecule is CC[C@@H](C)Oc1ccc(NC(=O)C(CC(C)C)(CC(C)C)OC)cc1C(=O)OC. The zero-order valence-electron chi connectivity index (χ0n) is 19.1. The lowest BCUT2D eigenvalue weighted by atomic mass is 9.84. The van der Waals surface area contributed by atoms with Gasteiger partial charge in [0.1, 0.15) is 16.9 Å². The van der Waals surface area contributed by atoms with Crippen LogP contribution in [0.15, 0.2) is 18.2 Å². The molecule has 1 atom stereocenters. The molecule has 0 saturated heterocycles. The summed E-state index contributed by atoms with van der Waals surface area (Å²) in [7, 11) is 2.90. The first kappa shape index (κ1) is 25.0. The standard InChI is InChI=1S/C23H37NO5/c1-9-17(6)29-20-11-10-18(12-19(20)21(25)27-7)24-22(26)23(28-8,13-15(2)3)14-16(4)5/h10-12,15-17H,9,13-14H2,1-8H3,(H,24,26)/t17-/m1/s1. The molecule has 0 aliphatic heterocycles. The Bertz CT molecular complexity index is 674. The van der Waals surface area contributed by atoms with Crippen LogP contribution in [0, 0.1) is 11.8 Å². The number of hydrogen-bond acceptors (Lipinski definition) is 5. The van der Waals surface area contributed by atoms with Crippen LogP contribution in [0.4, 0.5) is 5.69 Å². The molecule has 0 bridgehead atoms. The monoisotopic (exact) mass is 407 g/mol. The highest BCUT2D eigenvalue weighted by molar-refractivity contribution is 5.99. The largest absolute Gasteiger partial charge is 0.490 e. The molecule has 1 rings (SSSR count). The number of carbonyl (C=O) groups excluding carboxylic acids is 2. The lowest BCUT2D eigenvalue weighted by molar-refractivity contribution is -0.142. The molecule has 6 heteroatoms. The van der Waals surface area contributed by atoms with Crippen molar-refractivity contribution in [2.24, 2.45) is 11.8 Å². The zero-order valence-corrected chi connectivity index (χ0v) is 19.1. The molecule has 0 fully saturated rings. The molecule has 0 saturated carbocycles. The number of nitrogens with one attached hydrogen (secondary N) is 1. The predicted octanol–water partition coefficient (Wildman–Crippen LogP) is 5.07. The van der Waals surface area contributed by atoms with Crippen molar-refractivity contribution in [1.29, 1.82) is 0 Å². The first-order valence-corrected chi connectivity index (χ1v) is 10.3. The van der Waals surface area contributed by atoms with E-state index in [0.717, 1.165) is 6.42 Å². The number of ether oxygens (including phenoxy) is 3. The molecular weight excluding hydrogens is 370 g/mol. The summed E-state index contributed by atoms with van der Waals surface area (Å²) in [6.45, 7) is 12.2. The number of amides is 1. The molecule has 0 aliphatic rings. The molecule has 1 aromatic rings. The number of esters is 1. The Labute approximate surface area is 175 Å². The van der Waals surface area contributed by atoms with Crippen LogP contribution in [0.25, 0.3) is 0 Å². The molecule has 1 N–H and O–H groups in total. The van der Waals surface area contributed by atoms with Crippen LogP contribution in [-0.4, -0.2) is 37.8 Å². The van der Waals surface area contributed by atoms with Gasteiger partial charge in [-0.25, -0.2) is 4.79 Å². The van der Waals surface area contributed by atoms with E-state index < -0.39 is 11.6 Å². The van der Waals surface area contributed by atoms with Gasteiger partial charge in [-0.05, 0) is 56.2 Å². The van der Waals surface area contributed by atoms with Crippen molar-refractivity contribution in [2.75, 3.05) is 19.5 Å². The average molecular weight is 408 g/mol. The fourth-order valence-electron chi connectivity index (χ4n) is 3.37. The first-order valence-electron chi connectivity index (χ1n) is 10.3. The van der Waals surface area contributed by atoms with Crippen LogP contribution in [0.2, 0.25) is 0 Å². The van der Waals surface area contributed by atoms with Crippen LogP contribution in [0.5, 0.6) is 5.75 Å². The van der Waals surface area contributed by atoms with Crippen molar-refractivity contribution >= 4 is 17.6 Å². The molecule has 1 amide bonds. The number of rotatable bonds is 11. The number of anilines is 1. The third-order valence-corrected chi connectivity index (χ3v) is 4.83. The van der Waals surface area contributed by atoms with Crippen molar-refractivity contribution in [3.8, 4) is 5.75 Å². The first-order chi connectivity index (χ1) is 13.6. The molecular formula is C23H37NO5.